The van der Waals surface area contributed by atoms with Crippen molar-refractivity contribution in [3.8, 4) is 11.1 Å². The van der Waals surface area contributed by atoms with Gasteiger partial charge in [-0.05, 0) is 61.3 Å². The number of nitrogens with zero attached hydrogens (tertiary/aromatic N) is 1. The molecule has 0 bridgehead atoms. The molecule has 1 N–H and O–H groups in total. The molecular formula is C26H32ClNO3. The van der Waals surface area contributed by atoms with Gasteiger partial charge in [-0.25, -0.2) is 4.79 Å². The van der Waals surface area contributed by atoms with Gasteiger partial charge in [0.05, 0.1) is 5.69 Å². The van der Waals surface area contributed by atoms with Gasteiger partial charge in [0.1, 0.15) is 6.10 Å². The Labute approximate surface area is 191 Å². The Hall–Kier alpha value is -2.17. The Morgan fingerprint density at radius 2 is 1.97 bits per heavy atom. The second-order valence-electron chi connectivity index (χ2n) is 9.04. The van der Waals surface area contributed by atoms with Crippen LogP contribution in [0.3, 0.4) is 0 Å². The zero-order chi connectivity index (χ0) is 21.5. The minimum absolute atomic E-state index is 0. The molecule has 1 saturated heterocycles. The SMILES string of the molecule is CC[C@H]1[C@H](/C=C/c2ccc(-c3ccccc3C)cn2)[C@@H]2[C@@H](C)OC(=O)[C@]2(O)C[C@@H]1C.Cl. The van der Waals surface area contributed by atoms with Crippen LogP contribution in [0, 0.1) is 30.6 Å². The van der Waals surface area contributed by atoms with Gasteiger partial charge in [0.25, 0.3) is 0 Å². The predicted molar refractivity (Wildman–Crippen MR) is 126 cm³/mol. The highest BCUT2D eigenvalue weighted by Gasteiger charge is 2.62. The van der Waals surface area contributed by atoms with Crippen molar-refractivity contribution >= 4 is 24.5 Å². The van der Waals surface area contributed by atoms with Gasteiger partial charge in [-0.2, -0.15) is 0 Å². The number of halogens is 1. The molecular weight excluding hydrogens is 410 g/mol. The Kier molecular flexibility index (Phi) is 6.92. The second kappa shape index (κ2) is 9.13. The number of aliphatic hydroxyl groups is 1. The van der Waals surface area contributed by atoms with Gasteiger partial charge in [0.2, 0.25) is 0 Å². The van der Waals surface area contributed by atoms with Crippen molar-refractivity contribution in [1.82, 2.24) is 4.98 Å². The zero-order valence-electron chi connectivity index (χ0n) is 18.6. The Morgan fingerprint density at radius 1 is 1.23 bits per heavy atom. The molecule has 2 aliphatic rings. The number of fused-ring (bicyclic) bond motifs is 1. The van der Waals surface area contributed by atoms with E-state index in [9.17, 15) is 9.90 Å². The molecule has 1 aliphatic carbocycles. The largest absolute Gasteiger partial charge is 0.460 e. The maximum absolute atomic E-state index is 12.4. The number of hydrogen-bond donors (Lipinski definition) is 1. The number of benzene rings is 1. The third-order valence-electron chi connectivity index (χ3n) is 7.18. The average Bonchev–Trinajstić information content (AvgIpc) is 2.94. The van der Waals surface area contributed by atoms with E-state index in [0.717, 1.165) is 17.7 Å². The fraction of sp³-hybridized carbons (Fsp3) is 0.462. The summed E-state index contributed by atoms with van der Waals surface area (Å²) in [7, 11) is 0. The molecule has 1 aromatic heterocycles. The van der Waals surface area contributed by atoms with Crippen LogP contribution >= 0.6 is 12.4 Å². The van der Waals surface area contributed by atoms with E-state index in [4.69, 9.17) is 4.74 Å². The van der Waals surface area contributed by atoms with Crippen LogP contribution in [0.1, 0.15) is 44.9 Å². The van der Waals surface area contributed by atoms with Crippen LogP contribution < -0.4 is 0 Å². The first-order valence-electron chi connectivity index (χ1n) is 11.0. The number of esters is 1. The van der Waals surface area contributed by atoms with Crippen molar-refractivity contribution in [2.24, 2.45) is 23.7 Å². The maximum atomic E-state index is 12.4. The van der Waals surface area contributed by atoms with E-state index >= 15 is 0 Å². The minimum atomic E-state index is -1.37. The summed E-state index contributed by atoms with van der Waals surface area (Å²) in [5.41, 5.74) is 3.02. The topological polar surface area (TPSA) is 59.4 Å². The van der Waals surface area contributed by atoms with Crippen LogP contribution in [0.4, 0.5) is 0 Å². The van der Waals surface area contributed by atoms with Gasteiger partial charge in [-0.3, -0.25) is 4.98 Å². The fourth-order valence-electron chi connectivity index (χ4n) is 5.71. The first-order valence-corrected chi connectivity index (χ1v) is 11.0. The lowest BCUT2D eigenvalue weighted by Gasteiger charge is -2.45. The highest BCUT2D eigenvalue weighted by Crippen LogP contribution is 2.52. The van der Waals surface area contributed by atoms with Crippen molar-refractivity contribution in [2.75, 3.05) is 0 Å². The highest BCUT2D eigenvalue weighted by atomic mass is 35.5. The van der Waals surface area contributed by atoms with E-state index in [0.29, 0.717) is 12.3 Å². The average molecular weight is 442 g/mol. The minimum Gasteiger partial charge on any atom is -0.460 e. The van der Waals surface area contributed by atoms with E-state index in [-0.39, 0.29) is 36.3 Å². The molecule has 1 saturated carbocycles. The number of carbonyl (C=O) groups is 1. The number of hydrogen-bond acceptors (Lipinski definition) is 4. The Balaban J connectivity index is 0.00000272. The number of cyclic esters (lactones) is 1. The lowest BCUT2D eigenvalue weighted by molar-refractivity contribution is -0.160. The van der Waals surface area contributed by atoms with E-state index in [2.05, 4.69) is 50.0 Å². The van der Waals surface area contributed by atoms with Crippen LogP contribution in [0.2, 0.25) is 0 Å². The van der Waals surface area contributed by atoms with Gasteiger partial charge in [0.15, 0.2) is 5.60 Å². The molecule has 2 aromatic rings. The molecule has 0 amide bonds. The first-order chi connectivity index (χ1) is 14.3. The molecule has 4 nitrogen and oxygen atoms in total. The summed E-state index contributed by atoms with van der Waals surface area (Å²) in [5.74, 6) is 0.0482. The molecule has 5 heteroatoms. The van der Waals surface area contributed by atoms with Crippen molar-refractivity contribution in [2.45, 2.75) is 52.2 Å². The normalized spacial score (nSPS) is 32.4. The van der Waals surface area contributed by atoms with Gasteiger partial charge in [-0.1, -0.05) is 56.7 Å². The van der Waals surface area contributed by atoms with Crippen LogP contribution in [-0.4, -0.2) is 27.8 Å². The van der Waals surface area contributed by atoms with E-state index < -0.39 is 11.6 Å². The van der Waals surface area contributed by atoms with Crippen LogP contribution in [0.25, 0.3) is 17.2 Å². The number of carbonyl (C=O) groups excluding carboxylic acids is 1. The summed E-state index contributed by atoms with van der Waals surface area (Å²) in [6, 6.07) is 12.4. The van der Waals surface area contributed by atoms with Crippen LogP contribution in [0.15, 0.2) is 48.7 Å². The summed E-state index contributed by atoms with van der Waals surface area (Å²) in [4.78, 5) is 17.0. The van der Waals surface area contributed by atoms with Gasteiger partial charge >= 0.3 is 5.97 Å². The molecule has 166 valence electrons. The zero-order valence-corrected chi connectivity index (χ0v) is 19.4. The number of ether oxygens (including phenoxy) is 1. The molecule has 0 radical (unpaired) electrons. The molecule has 31 heavy (non-hydrogen) atoms. The smallest absolute Gasteiger partial charge is 0.338 e. The maximum Gasteiger partial charge on any atom is 0.338 e. The highest BCUT2D eigenvalue weighted by molar-refractivity contribution is 5.85. The van der Waals surface area contributed by atoms with Crippen molar-refractivity contribution in [3.63, 3.8) is 0 Å². The standard InChI is InChI=1S/C26H31NO3.ClH/c1-5-21-17(3)14-26(29)24(18(4)30-25(26)28)23(21)13-12-20-11-10-19(15-27-20)22-9-7-6-8-16(22)2;/h6-13,15,17-18,21,23-24,29H,5,14H2,1-4H3;1H/b13-12+;/t17-,18+,21+,23-,24-,26-;/m0./s1. The van der Waals surface area contributed by atoms with Gasteiger partial charge < -0.3 is 9.84 Å². The van der Waals surface area contributed by atoms with Gasteiger partial charge in [0, 0.05) is 17.7 Å². The summed E-state index contributed by atoms with van der Waals surface area (Å²) in [6.45, 7) is 8.32. The number of rotatable bonds is 4. The summed E-state index contributed by atoms with van der Waals surface area (Å²) >= 11 is 0. The number of pyridine rings is 1. The lowest BCUT2D eigenvalue weighted by Crippen LogP contribution is -2.53. The van der Waals surface area contributed by atoms with E-state index in [1.807, 2.05) is 37.4 Å². The summed E-state index contributed by atoms with van der Waals surface area (Å²) in [5, 5.41) is 11.2. The Bertz CT molecular complexity index is 957. The van der Waals surface area contributed by atoms with Crippen molar-refractivity contribution < 1.29 is 14.6 Å². The van der Waals surface area contributed by atoms with E-state index in [1.54, 1.807) is 0 Å². The molecule has 6 atom stereocenters. The molecule has 2 fully saturated rings. The summed E-state index contributed by atoms with van der Waals surface area (Å²) in [6.07, 6.45) is 7.28. The predicted octanol–water partition coefficient (Wildman–Crippen LogP) is 5.47. The lowest BCUT2D eigenvalue weighted by atomic mass is 9.59. The molecule has 0 unspecified atom stereocenters. The van der Waals surface area contributed by atoms with Crippen molar-refractivity contribution in [3.05, 3.63) is 59.9 Å². The first kappa shape index (κ1) is 23.5. The third-order valence-corrected chi connectivity index (χ3v) is 7.18. The number of aryl methyl sites for hydroxylation is 1. The molecule has 0 spiro atoms. The molecule has 1 aliphatic heterocycles. The van der Waals surface area contributed by atoms with Gasteiger partial charge in [-0.15, -0.1) is 12.4 Å². The molecule has 4 rings (SSSR count). The monoisotopic (exact) mass is 441 g/mol. The van der Waals surface area contributed by atoms with E-state index in [1.165, 1.54) is 11.1 Å². The molecule has 2 heterocycles. The Morgan fingerprint density at radius 3 is 2.61 bits per heavy atom. The molecule has 1 aromatic carbocycles. The quantitative estimate of drug-likeness (QED) is 0.639. The van der Waals surface area contributed by atoms with Crippen LogP contribution in [0.5, 0.6) is 0 Å². The number of aromatic nitrogens is 1. The number of allylic oxidation sites excluding steroid dienone is 1. The second-order valence-corrected chi connectivity index (χ2v) is 9.04. The van der Waals surface area contributed by atoms with Crippen LogP contribution in [-0.2, 0) is 9.53 Å². The fourth-order valence-corrected chi connectivity index (χ4v) is 5.71. The van der Waals surface area contributed by atoms with Crippen molar-refractivity contribution in [1.29, 1.82) is 0 Å². The summed E-state index contributed by atoms with van der Waals surface area (Å²) < 4.78 is 5.47. The third kappa shape index (κ3) is 4.16.